The number of nitrogens with zero attached hydrogens (tertiary/aromatic N) is 1. The molecule has 0 amide bonds. The van der Waals surface area contributed by atoms with E-state index in [2.05, 4.69) is 4.74 Å². The van der Waals surface area contributed by atoms with Gasteiger partial charge in [-0.25, -0.2) is 4.79 Å². The highest BCUT2D eigenvalue weighted by Crippen LogP contribution is 2.25. The lowest BCUT2D eigenvalue weighted by Crippen LogP contribution is -2.12. The number of aromatic nitrogens is 1. The first-order valence-corrected chi connectivity index (χ1v) is 4.85. The molecule has 0 saturated carbocycles. The van der Waals surface area contributed by atoms with Gasteiger partial charge in [-0.15, -0.1) is 0 Å². The average Bonchev–Trinajstić information content (AvgIpc) is 2.54. The Balaban J connectivity index is 3.37. The summed E-state index contributed by atoms with van der Waals surface area (Å²) in [6.07, 6.45) is 0.619. The van der Waals surface area contributed by atoms with E-state index in [9.17, 15) is 9.59 Å². The molecule has 0 aliphatic rings. The molecule has 4 nitrogen and oxygen atoms in total. The van der Waals surface area contributed by atoms with Gasteiger partial charge in [0.25, 0.3) is 0 Å². The summed E-state index contributed by atoms with van der Waals surface area (Å²) in [6.45, 7) is 3.74. The summed E-state index contributed by atoms with van der Waals surface area (Å²) in [6, 6.07) is 1.42. The Bertz CT molecular complexity index is 396. The maximum Gasteiger partial charge on any atom is 0.354 e. The first-order valence-electron chi connectivity index (χ1n) is 4.47. The third kappa shape index (κ3) is 2.04. The second-order valence-corrected chi connectivity index (χ2v) is 3.71. The first-order chi connectivity index (χ1) is 7.02. The van der Waals surface area contributed by atoms with Gasteiger partial charge < -0.3 is 9.30 Å². The van der Waals surface area contributed by atoms with Crippen molar-refractivity contribution in [3.63, 3.8) is 0 Å². The molecule has 0 saturated heterocycles. The van der Waals surface area contributed by atoms with Gasteiger partial charge in [0, 0.05) is 6.04 Å². The van der Waals surface area contributed by atoms with Crippen LogP contribution < -0.4 is 0 Å². The van der Waals surface area contributed by atoms with Crippen LogP contribution in [0.25, 0.3) is 0 Å². The minimum atomic E-state index is -0.501. The molecule has 0 atom stereocenters. The standard InChI is InChI=1S/C10H12ClNO3/c1-6(2)12-8(10(14)15-3)4-7(5-13)9(12)11/h4-6H,1-3H3. The van der Waals surface area contributed by atoms with Crippen molar-refractivity contribution in [1.29, 1.82) is 0 Å². The van der Waals surface area contributed by atoms with Crippen LogP contribution in [-0.4, -0.2) is 23.9 Å². The number of ether oxygens (including phenoxy) is 1. The Kier molecular flexibility index (Phi) is 3.52. The maximum atomic E-state index is 11.4. The molecule has 0 aromatic carbocycles. The Morgan fingerprint density at radius 2 is 2.20 bits per heavy atom. The van der Waals surface area contributed by atoms with E-state index in [1.165, 1.54) is 13.2 Å². The molecular formula is C10H12ClNO3. The fraction of sp³-hybridized carbons (Fsp3) is 0.400. The third-order valence-corrected chi connectivity index (χ3v) is 2.44. The first kappa shape index (κ1) is 11.8. The number of carbonyl (C=O) groups excluding carboxylic acids is 2. The lowest BCUT2D eigenvalue weighted by molar-refractivity contribution is 0.0586. The van der Waals surface area contributed by atoms with Gasteiger partial charge in [-0.05, 0) is 19.9 Å². The molecule has 0 radical (unpaired) electrons. The number of hydrogen-bond acceptors (Lipinski definition) is 3. The summed E-state index contributed by atoms with van der Waals surface area (Å²) in [5.74, 6) is -0.501. The summed E-state index contributed by atoms with van der Waals surface area (Å²) in [5, 5.41) is 0.264. The predicted octanol–water partition coefficient (Wildman–Crippen LogP) is 2.32. The molecule has 0 bridgehead atoms. The predicted molar refractivity (Wildman–Crippen MR) is 56.6 cm³/mol. The van der Waals surface area contributed by atoms with E-state index in [1.807, 2.05) is 13.8 Å². The number of carbonyl (C=O) groups is 2. The third-order valence-electron chi connectivity index (χ3n) is 2.04. The van der Waals surface area contributed by atoms with Crippen LogP contribution in [0.5, 0.6) is 0 Å². The highest BCUT2D eigenvalue weighted by molar-refractivity contribution is 6.32. The zero-order chi connectivity index (χ0) is 11.6. The van der Waals surface area contributed by atoms with E-state index in [1.54, 1.807) is 4.57 Å². The topological polar surface area (TPSA) is 48.3 Å². The normalized spacial score (nSPS) is 10.5. The van der Waals surface area contributed by atoms with Gasteiger partial charge in [-0.2, -0.15) is 0 Å². The number of aldehydes is 1. The van der Waals surface area contributed by atoms with E-state index in [0.29, 0.717) is 17.5 Å². The van der Waals surface area contributed by atoms with Crippen molar-refractivity contribution >= 4 is 23.9 Å². The Morgan fingerprint density at radius 3 is 2.60 bits per heavy atom. The highest BCUT2D eigenvalue weighted by Gasteiger charge is 2.20. The molecule has 1 aromatic heterocycles. The van der Waals surface area contributed by atoms with Crippen molar-refractivity contribution in [1.82, 2.24) is 4.57 Å². The summed E-state index contributed by atoms with van der Waals surface area (Å²) < 4.78 is 6.17. The zero-order valence-corrected chi connectivity index (χ0v) is 9.54. The van der Waals surface area contributed by atoms with E-state index in [0.717, 1.165) is 0 Å². The van der Waals surface area contributed by atoms with E-state index in [4.69, 9.17) is 11.6 Å². The van der Waals surface area contributed by atoms with Gasteiger partial charge in [0.1, 0.15) is 10.8 Å². The zero-order valence-electron chi connectivity index (χ0n) is 8.78. The van der Waals surface area contributed by atoms with Crippen LogP contribution in [0, 0.1) is 0 Å². The molecule has 1 heterocycles. The summed E-state index contributed by atoms with van der Waals surface area (Å²) >= 11 is 5.95. The van der Waals surface area contributed by atoms with E-state index >= 15 is 0 Å². The van der Waals surface area contributed by atoms with Crippen molar-refractivity contribution in [3.8, 4) is 0 Å². The molecular weight excluding hydrogens is 218 g/mol. The Labute approximate surface area is 92.8 Å². The molecule has 0 spiro atoms. The minimum absolute atomic E-state index is 0.0136. The molecule has 1 rings (SSSR count). The van der Waals surface area contributed by atoms with Crippen LogP contribution in [-0.2, 0) is 4.74 Å². The van der Waals surface area contributed by atoms with Crippen molar-refractivity contribution in [3.05, 3.63) is 22.5 Å². The minimum Gasteiger partial charge on any atom is -0.464 e. The summed E-state index contributed by atoms with van der Waals surface area (Å²) in [7, 11) is 1.29. The van der Waals surface area contributed by atoms with Crippen molar-refractivity contribution in [2.75, 3.05) is 7.11 Å². The van der Waals surface area contributed by atoms with Crippen LogP contribution in [0.1, 0.15) is 40.7 Å². The highest BCUT2D eigenvalue weighted by atomic mass is 35.5. The van der Waals surface area contributed by atoms with Crippen molar-refractivity contribution in [2.24, 2.45) is 0 Å². The SMILES string of the molecule is COC(=O)c1cc(C=O)c(Cl)n1C(C)C. The monoisotopic (exact) mass is 229 g/mol. The van der Waals surface area contributed by atoms with E-state index in [-0.39, 0.29) is 11.2 Å². The van der Waals surface area contributed by atoms with Gasteiger partial charge in [-0.1, -0.05) is 11.6 Å². The van der Waals surface area contributed by atoms with Crippen LogP contribution in [0.2, 0.25) is 5.15 Å². The van der Waals surface area contributed by atoms with E-state index < -0.39 is 5.97 Å². The van der Waals surface area contributed by atoms with Crippen LogP contribution in [0.4, 0.5) is 0 Å². The van der Waals surface area contributed by atoms with Crippen LogP contribution >= 0.6 is 11.6 Å². The van der Waals surface area contributed by atoms with Gasteiger partial charge in [0.15, 0.2) is 6.29 Å². The lowest BCUT2D eigenvalue weighted by Gasteiger charge is -2.12. The Hall–Kier alpha value is -1.29. The lowest BCUT2D eigenvalue weighted by atomic mass is 10.3. The average molecular weight is 230 g/mol. The van der Waals surface area contributed by atoms with Gasteiger partial charge in [0.05, 0.1) is 12.7 Å². The molecule has 15 heavy (non-hydrogen) atoms. The van der Waals surface area contributed by atoms with Gasteiger partial charge >= 0.3 is 5.97 Å². The number of methoxy groups -OCH3 is 1. The van der Waals surface area contributed by atoms with Crippen LogP contribution in [0.3, 0.4) is 0 Å². The van der Waals surface area contributed by atoms with Crippen LogP contribution in [0.15, 0.2) is 6.07 Å². The fourth-order valence-corrected chi connectivity index (χ4v) is 1.76. The number of hydrogen-bond donors (Lipinski definition) is 0. The fourth-order valence-electron chi connectivity index (χ4n) is 1.37. The summed E-state index contributed by atoms with van der Waals surface area (Å²) in [4.78, 5) is 22.1. The van der Waals surface area contributed by atoms with Gasteiger partial charge in [-0.3, -0.25) is 4.79 Å². The van der Waals surface area contributed by atoms with Crippen molar-refractivity contribution < 1.29 is 14.3 Å². The smallest absolute Gasteiger partial charge is 0.354 e. The molecule has 1 aromatic rings. The quantitative estimate of drug-likeness (QED) is 0.590. The molecule has 0 fully saturated rings. The molecule has 0 N–H and O–H groups in total. The molecule has 0 aliphatic heterocycles. The second-order valence-electron chi connectivity index (χ2n) is 3.35. The largest absolute Gasteiger partial charge is 0.464 e. The van der Waals surface area contributed by atoms with Crippen molar-refractivity contribution in [2.45, 2.75) is 19.9 Å². The molecule has 5 heteroatoms. The summed E-state index contributed by atoms with van der Waals surface area (Å²) in [5.41, 5.74) is 0.588. The van der Waals surface area contributed by atoms with Gasteiger partial charge in [0.2, 0.25) is 0 Å². The number of esters is 1. The molecule has 0 unspecified atom stereocenters. The number of rotatable bonds is 3. The second kappa shape index (κ2) is 4.49. The Morgan fingerprint density at radius 1 is 1.60 bits per heavy atom. The molecule has 0 aliphatic carbocycles. The number of halogens is 1. The molecule has 82 valence electrons. The maximum absolute atomic E-state index is 11.4.